The number of hydrogen-bond donors (Lipinski definition) is 1. The smallest absolute Gasteiger partial charge is 0.268 e. The van der Waals surface area contributed by atoms with Crippen LogP contribution in [0.1, 0.15) is 17.7 Å². The molecule has 0 bridgehead atoms. The van der Waals surface area contributed by atoms with Crippen molar-refractivity contribution in [2.24, 2.45) is 0 Å². The second-order valence-corrected chi connectivity index (χ2v) is 9.90. The Bertz CT molecular complexity index is 1100. The number of halogens is 1. The van der Waals surface area contributed by atoms with Gasteiger partial charge in [-0.15, -0.1) is 11.3 Å². The maximum atomic E-state index is 13.4. The number of nitrogens with zero attached hydrogens (tertiary/aromatic N) is 3. The van der Waals surface area contributed by atoms with Crippen LogP contribution in [0.3, 0.4) is 0 Å². The highest BCUT2D eigenvalue weighted by Crippen LogP contribution is 2.33. The highest BCUT2D eigenvalue weighted by atomic mass is 32.2. The molecular weight excluding hydrogens is 415 g/mol. The van der Waals surface area contributed by atoms with E-state index >= 15 is 0 Å². The number of rotatable bonds is 7. The van der Waals surface area contributed by atoms with E-state index in [0.717, 1.165) is 13.1 Å². The summed E-state index contributed by atoms with van der Waals surface area (Å²) in [4.78, 5) is 7.94. The Hall–Kier alpha value is -2.14. The molecule has 1 saturated heterocycles. The van der Waals surface area contributed by atoms with Crippen molar-refractivity contribution in [3.8, 4) is 22.2 Å². The maximum Gasteiger partial charge on any atom is 0.268 e. The molecule has 4 rings (SSSR count). The van der Waals surface area contributed by atoms with E-state index in [9.17, 15) is 12.8 Å². The van der Waals surface area contributed by atoms with Crippen molar-refractivity contribution in [1.82, 2.24) is 19.8 Å². The molecule has 0 radical (unpaired) electrons. The van der Waals surface area contributed by atoms with Gasteiger partial charge < -0.3 is 9.42 Å². The zero-order valence-electron chi connectivity index (χ0n) is 15.9. The molecule has 0 amide bonds. The van der Waals surface area contributed by atoms with E-state index in [1.54, 1.807) is 25.1 Å². The highest BCUT2D eigenvalue weighted by Gasteiger charge is 2.23. The van der Waals surface area contributed by atoms with Gasteiger partial charge in [-0.05, 0) is 51.1 Å². The van der Waals surface area contributed by atoms with Gasteiger partial charge in [-0.2, -0.15) is 4.98 Å². The quantitative estimate of drug-likeness (QED) is 0.612. The number of thiophene rings is 1. The van der Waals surface area contributed by atoms with Crippen molar-refractivity contribution < 1.29 is 17.3 Å². The fourth-order valence-corrected chi connectivity index (χ4v) is 5.86. The summed E-state index contributed by atoms with van der Waals surface area (Å²) in [6, 6.07) is 7.43. The van der Waals surface area contributed by atoms with Gasteiger partial charge in [0.05, 0.1) is 9.77 Å². The molecule has 154 valence electrons. The van der Waals surface area contributed by atoms with Crippen LogP contribution < -0.4 is 4.72 Å². The van der Waals surface area contributed by atoms with Crippen molar-refractivity contribution in [3.63, 3.8) is 0 Å². The first-order valence-electron chi connectivity index (χ1n) is 9.35. The zero-order chi connectivity index (χ0) is 20.4. The minimum atomic E-state index is -3.63. The Morgan fingerprint density at radius 2 is 2.07 bits per heavy atom. The average molecular weight is 437 g/mol. The summed E-state index contributed by atoms with van der Waals surface area (Å²) in [6.07, 6.45) is 2.34. The van der Waals surface area contributed by atoms with Crippen LogP contribution in [0.15, 0.2) is 39.8 Å². The molecule has 1 aliphatic rings. The number of sulfonamides is 1. The predicted molar refractivity (Wildman–Crippen MR) is 109 cm³/mol. The van der Waals surface area contributed by atoms with Crippen molar-refractivity contribution >= 4 is 21.4 Å². The molecule has 0 atom stereocenters. The zero-order valence-corrected chi connectivity index (χ0v) is 17.5. The lowest BCUT2D eigenvalue weighted by atomic mass is 10.2. The van der Waals surface area contributed by atoms with Crippen molar-refractivity contribution in [1.29, 1.82) is 0 Å². The van der Waals surface area contributed by atoms with Crippen LogP contribution in [0.4, 0.5) is 4.39 Å². The van der Waals surface area contributed by atoms with Crippen LogP contribution in [-0.2, 0) is 10.0 Å². The monoisotopic (exact) mass is 436 g/mol. The van der Waals surface area contributed by atoms with E-state index in [-0.39, 0.29) is 16.6 Å². The molecule has 10 heteroatoms. The van der Waals surface area contributed by atoms with Crippen molar-refractivity contribution in [2.45, 2.75) is 24.7 Å². The molecule has 0 unspecified atom stereocenters. The van der Waals surface area contributed by atoms with E-state index in [1.807, 2.05) is 0 Å². The second kappa shape index (κ2) is 8.31. The maximum absolute atomic E-state index is 13.4. The van der Waals surface area contributed by atoms with E-state index in [2.05, 4.69) is 19.8 Å². The third-order valence-corrected chi connectivity index (χ3v) is 7.56. The lowest BCUT2D eigenvalue weighted by molar-refractivity contribution is 0.344. The summed E-state index contributed by atoms with van der Waals surface area (Å²) < 4.78 is 46.8. The van der Waals surface area contributed by atoms with Gasteiger partial charge in [-0.25, -0.2) is 17.5 Å². The van der Waals surface area contributed by atoms with Crippen LogP contribution in [0, 0.1) is 12.7 Å². The SMILES string of the molecule is Cc1sc(-c2nc(-c3cccc(F)c3)no2)cc1S(=O)(=O)NCCN1CCCC1. The van der Waals surface area contributed by atoms with Crippen molar-refractivity contribution in [2.75, 3.05) is 26.2 Å². The third kappa shape index (κ3) is 4.55. The largest absolute Gasteiger partial charge is 0.333 e. The summed E-state index contributed by atoms with van der Waals surface area (Å²) in [7, 11) is -3.63. The highest BCUT2D eigenvalue weighted by molar-refractivity contribution is 7.89. The third-order valence-electron chi connectivity index (χ3n) is 4.80. The number of nitrogens with one attached hydrogen (secondary N) is 1. The summed E-state index contributed by atoms with van der Waals surface area (Å²) in [5.74, 6) is 0.0591. The topological polar surface area (TPSA) is 88.3 Å². The fraction of sp³-hybridized carbons (Fsp3) is 0.368. The van der Waals surface area contributed by atoms with Gasteiger partial charge >= 0.3 is 0 Å². The van der Waals surface area contributed by atoms with E-state index < -0.39 is 15.8 Å². The van der Waals surface area contributed by atoms with Gasteiger partial charge in [0.2, 0.25) is 15.8 Å². The van der Waals surface area contributed by atoms with Crippen LogP contribution in [0.5, 0.6) is 0 Å². The molecule has 3 heterocycles. The van der Waals surface area contributed by atoms with E-state index in [1.165, 1.54) is 36.3 Å². The molecule has 3 aromatic rings. The van der Waals surface area contributed by atoms with Gasteiger partial charge in [0, 0.05) is 23.5 Å². The first kappa shape index (κ1) is 20.1. The van der Waals surface area contributed by atoms with Gasteiger partial charge in [0.1, 0.15) is 5.82 Å². The van der Waals surface area contributed by atoms with Crippen LogP contribution in [0.2, 0.25) is 0 Å². The molecule has 1 aliphatic heterocycles. The Labute approximate surface area is 172 Å². The number of aryl methyl sites for hydroxylation is 1. The van der Waals surface area contributed by atoms with Gasteiger partial charge in [-0.3, -0.25) is 0 Å². The van der Waals surface area contributed by atoms with Gasteiger partial charge in [-0.1, -0.05) is 17.3 Å². The summed E-state index contributed by atoms with van der Waals surface area (Å²) >= 11 is 1.26. The minimum absolute atomic E-state index is 0.205. The normalized spacial score (nSPS) is 15.2. The van der Waals surface area contributed by atoms with Crippen LogP contribution in [0.25, 0.3) is 22.2 Å². The predicted octanol–water partition coefficient (Wildman–Crippen LogP) is 3.29. The van der Waals surface area contributed by atoms with Gasteiger partial charge in [0.15, 0.2) is 0 Å². The summed E-state index contributed by atoms with van der Waals surface area (Å²) in [6.45, 7) is 4.86. The first-order chi connectivity index (χ1) is 13.9. The van der Waals surface area contributed by atoms with Crippen LogP contribution in [-0.4, -0.2) is 49.6 Å². The van der Waals surface area contributed by atoms with E-state index in [0.29, 0.717) is 28.4 Å². The Balaban J connectivity index is 1.50. The standard InChI is InChI=1S/C19H21FN4O3S2/c1-13-17(29(25,26)21-7-10-24-8-2-3-9-24)12-16(28-13)19-22-18(23-27-19)14-5-4-6-15(20)11-14/h4-6,11-12,21H,2-3,7-10H2,1H3. The molecule has 0 aliphatic carbocycles. The Morgan fingerprint density at radius 1 is 1.28 bits per heavy atom. The molecule has 1 aromatic carbocycles. The number of benzene rings is 1. The molecular formula is C19H21FN4O3S2. The lowest BCUT2D eigenvalue weighted by Gasteiger charge is -2.14. The summed E-state index contributed by atoms with van der Waals surface area (Å²) in [5, 5.41) is 3.88. The minimum Gasteiger partial charge on any atom is -0.333 e. The second-order valence-electron chi connectivity index (χ2n) is 6.91. The van der Waals surface area contributed by atoms with E-state index in [4.69, 9.17) is 4.52 Å². The Kier molecular flexibility index (Phi) is 5.77. The number of aromatic nitrogens is 2. The molecule has 1 fully saturated rings. The summed E-state index contributed by atoms with van der Waals surface area (Å²) in [5.41, 5.74) is 0.490. The van der Waals surface area contributed by atoms with Crippen molar-refractivity contribution in [3.05, 3.63) is 41.0 Å². The van der Waals surface area contributed by atoms with Crippen LogP contribution >= 0.6 is 11.3 Å². The lowest BCUT2D eigenvalue weighted by Crippen LogP contribution is -2.33. The molecule has 0 spiro atoms. The average Bonchev–Trinajstić information content (AvgIpc) is 3.42. The van der Waals surface area contributed by atoms with Gasteiger partial charge in [0.25, 0.3) is 5.89 Å². The number of likely N-dealkylation sites (tertiary alicyclic amines) is 1. The molecule has 2 aromatic heterocycles. The molecule has 29 heavy (non-hydrogen) atoms. The first-order valence-corrected chi connectivity index (χ1v) is 11.6. The molecule has 0 saturated carbocycles. The molecule has 7 nitrogen and oxygen atoms in total. The fourth-order valence-electron chi connectivity index (χ4n) is 3.33. The number of hydrogen-bond acceptors (Lipinski definition) is 7. The molecule has 1 N–H and O–H groups in total. The Morgan fingerprint density at radius 3 is 2.83 bits per heavy atom.